The number of carbonyl (C=O) groups is 2. The van der Waals surface area contributed by atoms with Crippen LogP contribution in [0.15, 0.2) is 11.1 Å². The second-order valence-electron chi connectivity index (χ2n) is 4.66. The van der Waals surface area contributed by atoms with Crippen LogP contribution in [0.25, 0.3) is 0 Å². The summed E-state index contributed by atoms with van der Waals surface area (Å²) >= 11 is 1.41. The summed E-state index contributed by atoms with van der Waals surface area (Å²) in [6.45, 7) is 7.60. The summed E-state index contributed by atoms with van der Waals surface area (Å²) < 4.78 is 4.90. The predicted molar refractivity (Wildman–Crippen MR) is 78.2 cm³/mol. The molecule has 0 aliphatic carbocycles. The van der Waals surface area contributed by atoms with Crippen LogP contribution in [0.2, 0.25) is 0 Å². The Morgan fingerprint density at radius 2 is 2.15 bits per heavy atom. The van der Waals surface area contributed by atoms with Gasteiger partial charge in [-0.15, -0.1) is 0 Å². The zero-order valence-corrected chi connectivity index (χ0v) is 12.6. The van der Waals surface area contributed by atoms with Gasteiger partial charge >= 0.3 is 5.97 Å². The summed E-state index contributed by atoms with van der Waals surface area (Å²) in [7, 11) is 0. The molecule has 0 saturated carbocycles. The second kappa shape index (κ2) is 7.66. The number of piperazine rings is 1. The van der Waals surface area contributed by atoms with E-state index in [4.69, 9.17) is 4.74 Å². The fraction of sp³-hybridized carbons (Fsp3) is 0.692. The zero-order valence-electron chi connectivity index (χ0n) is 11.8. The van der Waals surface area contributed by atoms with Crippen molar-refractivity contribution < 1.29 is 14.3 Å². The highest BCUT2D eigenvalue weighted by atomic mass is 32.2. The summed E-state index contributed by atoms with van der Waals surface area (Å²) in [6.07, 6.45) is 1.43. The minimum absolute atomic E-state index is 0.0701. The maximum Gasteiger partial charge on any atom is 0.333 e. The molecule has 1 amide bonds. The SMILES string of the molecule is CCOC(=O)/C=C1/SCC(=O)N1CCN1CCNCC1. The molecule has 20 heavy (non-hydrogen) atoms. The van der Waals surface area contributed by atoms with Crippen LogP contribution in [0.3, 0.4) is 0 Å². The number of ether oxygens (including phenoxy) is 1. The first-order chi connectivity index (χ1) is 9.70. The molecule has 0 aromatic heterocycles. The van der Waals surface area contributed by atoms with Gasteiger partial charge in [0.25, 0.3) is 0 Å². The van der Waals surface area contributed by atoms with Crippen LogP contribution in [0.1, 0.15) is 6.92 Å². The average Bonchev–Trinajstić information content (AvgIpc) is 2.78. The fourth-order valence-corrected chi connectivity index (χ4v) is 3.19. The second-order valence-corrected chi connectivity index (χ2v) is 5.66. The van der Waals surface area contributed by atoms with Gasteiger partial charge in [-0.2, -0.15) is 0 Å². The summed E-state index contributed by atoms with van der Waals surface area (Å²) in [4.78, 5) is 27.4. The highest BCUT2D eigenvalue weighted by Gasteiger charge is 2.27. The van der Waals surface area contributed by atoms with Crippen LogP contribution in [0.5, 0.6) is 0 Å². The first kappa shape index (κ1) is 15.3. The van der Waals surface area contributed by atoms with Crippen LogP contribution in [0.4, 0.5) is 0 Å². The Morgan fingerprint density at radius 3 is 2.85 bits per heavy atom. The lowest BCUT2D eigenvalue weighted by Gasteiger charge is -2.29. The number of esters is 1. The third kappa shape index (κ3) is 4.22. The standard InChI is InChI=1S/C13H21N3O3S/c1-2-19-13(18)9-12-16(11(17)10-20-12)8-7-15-5-3-14-4-6-15/h9,14H,2-8,10H2,1H3/b12-9+. The molecule has 0 aromatic carbocycles. The Kier molecular flexibility index (Phi) is 5.87. The van der Waals surface area contributed by atoms with Crippen LogP contribution in [0, 0.1) is 0 Å². The molecule has 112 valence electrons. The largest absolute Gasteiger partial charge is 0.463 e. The first-order valence-electron chi connectivity index (χ1n) is 6.95. The molecule has 2 heterocycles. The van der Waals surface area contributed by atoms with Gasteiger partial charge in [0.15, 0.2) is 0 Å². The molecule has 0 atom stereocenters. The van der Waals surface area contributed by atoms with Crippen molar-refractivity contribution in [2.75, 3.05) is 51.6 Å². The fourth-order valence-electron chi connectivity index (χ4n) is 2.23. The molecule has 7 heteroatoms. The van der Waals surface area contributed by atoms with Gasteiger partial charge in [-0.25, -0.2) is 4.79 Å². The Balaban J connectivity index is 1.89. The lowest BCUT2D eigenvalue weighted by Crippen LogP contribution is -2.46. The minimum atomic E-state index is -0.378. The summed E-state index contributed by atoms with van der Waals surface area (Å²) in [5.41, 5.74) is 0. The van der Waals surface area contributed by atoms with Crippen molar-refractivity contribution >= 4 is 23.6 Å². The molecule has 0 spiro atoms. The van der Waals surface area contributed by atoms with Crippen molar-refractivity contribution in [1.29, 1.82) is 0 Å². The van der Waals surface area contributed by atoms with Gasteiger partial charge in [0, 0.05) is 39.3 Å². The van der Waals surface area contributed by atoms with Gasteiger partial charge in [-0.3, -0.25) is 9.69 Å². The first-order valence-corrected chi connectivity index (χ1v) is 7.94. The van der Waals surface area contributed by atoms with Crippen LogP contribution in [-0.2, 0) is 14.3 Å². The van der Waals surface area contributed by atoms with Crippen LogP contribution < -0.4 is 5.32 Å². The normalized spacial score (nSPS) is 22.6. The number of carbonyl (C=O) groups excluding carboxylic acids is 2. The summed E-state index contributed by atoms with van der Waals surface area (Å²) in [6, 6.07) is 0. The topological polar surface area (TPSA) is 61.9 Å². The lowest BCUT2D eigenvalue weighted by molar-refractivity contribution is -0.137. The lowest BCUT2D eigenvalue weighted by atomic mass is 10.3. The maximum absolute atomic E-state index is 11.9. The van der Waals surface area contributed by atoms with Gasteiger partial charge in [0.1, 0.15) is 0 Å². The molecule has 2 aliphatic rings. The number of hydrogen-bond acceptors (Lipinski definition) is 6. The smallest absolute Gasteiger partial charge is 0.333 e. The van der Waals surface area contributed by atoms with Crippen LogP contribution in [-0.4, -0.2) is 73.3 Å². The molecule has 0 radical (unpaired) electrons. The average molecular weight is 299 g/mol. The highest BCUT2D eigenvalue weighted by Crippen LogP contribution is 2.28. The molecule has 0 bridgehead atoms. The number of rotatable bonds is 5. The summed E-state index contributed by atoms with van der Waals surface area (Å²) in [5, 5.41) is 4.01. The third-order valence-electron chi connectivity index (χ3n) is 3.29. The molecule has 6 nitrogen and oxygen atoms in total. The van der Waals surface area contributed by atoms with Gasteiger partial charge in [-0.1, -0.05) is 11.8 Å². The molecular formula is C13H21N3O3S. The maximum atomic E-state index is 11.9. The van der Waals surface area contributed by atoms with Gasteiger partial charge in [-0.05, 0) is 6.92 Å². The van der Waals surface area contributed by atoms with Crippen molar-refractivity contribution in [2.45, 2.75) is 6.92 Å². The van der Waals surface area contributed by atoms with E-state index in [0.29, 0.717) is 23.9 Å². The van der Waals surface area contributed by atoms with E-state index >= 15 is 0 Å². The van der Waals surface area contributed by atoms with E-state index in [1.165, 1.54) is 17.8 Å². The number of hydrogen-bond donors (Lipinski definition) is 1. The molecule has 2 aliphatic heterocycles. The van der Waals surface area contributed by atoms with E-state index < -0.39 is 0 Å². The number of nitrogens with one attached hydrogen (secondary N) is 1. The Labute approximate surface area is 123 Å². The molecule has 0 unspecified atom stereocenters. The number of thioether (sulfide) groups is 1. The van der Waals surface area contributed by atoms with E-state index in [9.17, 15) is 9.59 Å². The Hall–Kier alpha value is -1.05. The molecule has 1 N–H and O–H groups in total. The monoisotopic (exact) mass is 299 g/mol. The summed E-state index contributed by atoms with van der Waals surface area (Å²) in [5.74, 6) is 0.102. The van der Waals surface area contributed by atoms with Crippen molar-refractivity contribution in [3.05, 3.63) is 11.1 Å². The molecule has 0 aromatic rings. The van der Waals surface area contributed by atoms with Gasteiger partial charge in [0.05, 0.1) is 23.5 Å². The van der Waals surface area contributed by atoms with Crippen molar-refractivity contribution in [3.63, 3.8) is 0 Å². The van der Waals surface area contributed by atoms with Gasteiger partial charge < -0.3 is 15.0 Å². The molecule has 2 rings (SSSR count). The predicted octanol–water partition coefficient (Wildman–Crippen LogP) is -0.128. The molecule has 2 fully saturated rings. The number of nitrogens with zero attached hydrogens (tertiary/aromatic N) is 2. The molecule has 2 saturated heterocycles. The van der Waals surface area contributed by atoms with E-state index in [1.807, 2.05) is 0 Å². The van der Waals surface area contributed by atoms with E-state index in [2.05, 4.69) is 10.2 Å². The Morgan fingerprint density at radius 1 is 1.40 bits per heavy atom. The van der Waals surface area contributed by atoms with Crippen LogP contribution >= 0.6 is 11.8 Å². The Bertz CT molecular complexity index is 394. The van der Waals surface area contributed by atoms with Crippen molar-refractivity contribution in [1.82, 2.24) is 15.1 Å². The van der Waals surface area contributed by atoms with E-state index in [-0.39, 0.29) is 11.9 Å². The van der Waals surface area contributed by atoms with E-state index in [1.54, 1.807) is 11.8 Å². The zero-order chi connectivity index (χ0) is 14.4. The number of amides is 1. The third-order valence-corrected chi connectivity index (χ3v) is 4.31. The molecular weight excluding hydrogens is 278 g/mol. The minimum Gasteiger partial charge on any atom is -0.463 e. The van der Waals surface area contributed by atoms with E-state index in [0.717, 1.165) is 32.7 Å². The quantitative estimate of drug-likeness (QED) is 0.564. The van der Waals surface area contributed by atoms with Crippen molar-refractivity contribution in [2.24, 2.45) is 0 Å². The van der Waals surface area contributed by atoms with Gasteiger partial charge in [0.2, 0.25) is 5.91 Å². The highest BCUT2D eigenvalue weighted by molar-refractivity contribution is 8.04. The van der Waals surface area contributed by atoms with Crippen molar-refractivity contribution in [3.8, 4) is 0 Å².